The maximum absolute atomic E-state index is 12.5. The summed E-state index contributed by atoms with van der Waals surface area (Å²) >= 11 is 0. The summed E-state index contributed by atoms with van der Waals surface area (Å²) in [6.45, 7) is 4.93. The van der Waals surface area contributed by atoms with E-state index >= 15 is 0 Å². The highest BCUT2D eigenvalue weighted by Gasteiger charge is 2.18. The van der Waals surface area contributed by atoms with Crippen molar-refractivity contribution in [1.29, 1.82) is 0 Å². The number of ether oxygens (including phenoxy) is 1. The Hall–Kier alpha value is -1.40. The van der Waals surface area contributed by atoms with E-state index in [1.807, 2.05) is 6.08 Å². The van der Waals surface area contributed by atoms with Gasteiger partial charge in [0.2, 0.25) is 5.91 Å². The molecule has 0 aromatic heterocycles. The van der Waals surface area contributed by atoms with Gasteiger partial charge in [-0.1, -0.05) is 341 Å². The Morgan fingerprint density at radius 3 is 0.944 bits per heavy atom. The van der Waals surface area contributed by atoms with Crippen LogP contribution < -0.4 is 5.32 Å². The van der Waals surface area contributed by atoms with Crippen LogP contribution in [0, 0.1) is 0 Å². The summed E-state index contributed by atoms with van der Waals surface area (Å²) in [6, 6.07) is -0.632. The van der Waals surface area contributed by atoms with Crippen molar-refractivity contribution in [2.75, 3.05) is 13.2 Å². The van der Waals surface area contributed by atoms with Gasteiger partial charge in [-0.3, -0.25) is 9.59 Å². The Bertz CT molecular complexity index is 1080. The van der Waals surface area contributed by atoms with Crippen LogP contribution in [0.25, 0.3) is 0 Å². The molecule has 0 spiro atoms. The molecule has 0 bridgehead atoms. The number of unbranched alkanes of at least 4 members (excludes halogenated alkanes) is 51. The lowest BCUT2D eigenvalue weighted by molar-refractivity contribution is -0.143. The number of hydrogen-bond donors (Lipinski definition) is 3. The van der Waals surface area contributed by atoms with Gasteiger partial charge in [-0.05, 0) is 32.1 Å². The van der Waals surface area contributed by atoms with Gasteiger partial charge in [0.15, 0.2) is 0 Å². The molecule has 428 valence electrons. The number of aliphatic hydroxyl groups is 2. The third kappa shape index (κ3) is 57.9. The van der Waals surface area contributed by atoms with E-state index in [0.717, 1.165) is 38.5 Å². The van der Waals surface area contributed by atoms with Crippen LogP contribution in [0.4, 0.5) is 0 Å². The molecule has 6 heteroatoms. The standard InChI is InChI=1S/C66H129NO5/c1-3-5-7-9-11-13-15-17-19-20-21-22-23-24-25-26-28-31-34-38-42-46-50-54-58-64(69)63(62-68)67-65(70)59-55-51-47-43-39-35-32-29-27-30-33-37-41-45-49-53-57-61-72-66(71)60-56-52-48-44-40-36-18-16-14-12-10-8-6-4-2/h54,58,63-64,68-69H,3-53,55-57,59-62H2,1-2H3,(H,67,70)/b58-54+. The fourth-order valence-electron chi connectivity index (χ4n) is 10.5. The largest absolute Gasteiger partial charge is 0.466 e. The van der Waals surface area contributed by atoms with Crippen LogP contribution in [0.15, 0.2) is 12.2 Å². The van der Waals surface area contributed by atoms with Crippen molar-refractivity contribution in [2.45, 2.75) is 386 Å². The molecule has 72 heavy (non-hydrogen) atoms. The quantitative estimate of drug-likeness (QED) is 0.0320. The Morgan fingerprint density at radius 2 is 0.639 bits per heavy atom. The smallest absolute Gasteiger partial charge is 0.305 e. The van der Waals surface area contributed by atoms with Crippen LogP contribution in [0.2, 0.25) is 0 Å². The van der Waals surface area contributed by atoms with Gasteiger partial charge >= 0.3 is 5.97 Å². The lowest BCUT2D eigenvalue weighted by atomic mass is 10.0. The Kier molecular flexibility index (Phi) is 60.9. The number of carbonyl (C=O) groups excluding carboxylic acids is 2. The van der Waals surface area contributed by atoms with Gasteiger partial charge in [-0.2, -0.15) is 0 Å². The SMILES string of the molecule is CCCCCCCCCCCCCCCCCCCCCCCC/C=C/C(O)C(CO)NC(=O)CCCCCCCCCCCCCCCCCCCOC(=O)CCCCCCCCCCCCCCCC. The molecule has 2 atom stereocenters. The number of rotatable bonds is 62. The zero-order valence-electron chi connectivity index (χ0n) is 48.9. The van der Waals surface area contributed by atoms with E-state index in [0.29, 0.717) is 19.4 Å². The van der Waals surface area contributed by atoms with E-state index < -0.39 is 12.1 Å². The van der Waals surface area contributed by atoms with E-state index in [9.17, 15) is 19.8 Å². The second-order valence-electron chi connectivity index (χ2n) is 22.8. The number of nitrogens with one attached hydrogen (secondary N) is 1. The summed E-state index contributed by atoms with van der Waals surface area (Å²) < 4.78 is 5.48. The van der Waals surface area contributed by atoms with Crippen molar-refractivity contribution < 1.29 is 24.5 Å². The minimum absolute atomic E-state index is 0.00789. The highest BCUT2D eigenvalue weighted by Crippen LogP contribution is 2.19. The molecule has 3 N–H and O–H groups in total. The van der Waals surface area contributed by atoms with E-state index in [1.54, 1.807) is 6.08 Å². The minimum Gasteiger partial charge on any atom is -0.466 e. The van der Waals surface area contributed by atoms with E-state index in [1.165, 1.54) is 308 Å². The Balaban J connectivity index is 3.43. The highest BCUT2D eigenvalue weighted by molar-refractivity contribution is 5.76. The summed E-state index contributed by atoms with van der Waals surface area (Å²) in [7, 11) is 0. The number of carbonyl (C=O) groups is 2. The van der Waals surface area contributed by atoms with E-state index in [-0.39, 0.29) is 18.5 Å². The van der Waals surface area contributed by atoms with Crippen LogP contribution in [-0.4, -0.2) is 47.4 Å². The first-order valence-corrected chi connectivity index (χ1v) is 33.0. The first-order valence-electron chi connectivity index (χ1n) is 33.0. The second kappa shape index (κ2) is 62.1. The molecule has 0 saturated heterocycles. The molecule has 0 aromatic carbocycles. The molecular weight excluding hydrogens is 887 g/mol. The molecule has 0 saturated carbocycles. The number of aliphatic hydroxyl groups excluding tert-OH is 2. The van der Waals surface area contributed by atoms with Crippen molar-refractivity contribution in [3.05, 3.63) is 12.2 Å². The summed E-state index contributed by atoms with van der Waals surface area (Å²) in [5.41, 5.74) is 0. The molecule has 6 nitrogen and oxygen atoms in total. The molecule has 0 heterocycles. The van der Waals surface area contributed by atoms with Crippen molar-refractivity contribution in [3.63, 3.8) is 0 Å². The molecule has 0 aliphatic heterocycles. The van der Waals surface area contributed by atoms with Crippen molar-refractivity contribution >= 4 is 11.9 Å². The van der Waals surface area contributed by atoms with Gasteiger partial charge in [0.1, 0.15) is 0 Å². The lowest BCUT2D eigenvalue weighted by Crippen LogP contribution is -2.45. The number of amides is 1. The molecule has 1 amide bonds. The topological polar surface area (TPSA) is 95.9 Å². The lowest BCUT2D eigenvalue weighted by Gasteiger charge is -2.20. The van der Waals surface area contributed by atoms with Gasteiger partial charge < -0.3 is 20.3 Å². The highest BCUT2D eigenvalue weighted by atomic mass is 16.5. The summed E-state index contributed by atoms with van der Waals surface area (Å²) in [4.78, 5) is 24.6. The number of hydrogen-bond acceptors (Lipinski definition) is 5. The molecule has 0 aromatic rings. The maximum Gasteiger partial charge on any atom is 0.305 e. The summed E-state index contributed by atoms with van der Waals surface area (Å²) in [5, 5.41) is 23.2. The molecule has 0 radical (unpaired) electrons. The van der Waals surface area contributed by atoms with Crippen LogP contribution in [0.1, 0.15) is 373 Å². The van der Waals surface area contributed by atoms with Gasteiger partial charge in [-0.15, -0.1) is 0 Å². The summed E-state index contributed by atoms with van der Waals surface area (Å²) in [5.74, 6) is -0.0607. The molecule has 0 aliphatic carbocycles. The fourth-order valence-corrected chi connectivity index (χ4v) is 10.5. The molecule has 2 unspecified atom stereocenters. The fraction of sp³-hybridized carbons (Fsp3) is 0.939. The average Bonchev–Trinajstić information content (AvgIpc) is 3.38. The Morgan fingerprint density at radius 1 is 0.375 bits per heavy atom. The normalized spacial score (nSPS) is 12.6. The van der Waals surface area contributed by atoms with Crippen molar-refractivity contribution in [3.8, 4) is 0 Å². The van der Waals surface area contributed by atoms with Crippen molar-refractivity contribution in [1.82, 2.24) is 5.32 Å². The second-order valence-corrected chi connectivity index (χ2v) is 22.8. The predicted octanol–water partition coefficient (Wildman–Crippen LogP) is 20.8. The van der Waals surface area contributed by atoms with Gasteiger partial charge in [-0.25, -0.2) is 0 Å². The van der Waals surface area contributed by atoms with Crippen LogP contribution in [-0.2, 0) is 14.3 Å². The molecule has 0 rings (SSSR count). The van der Waals surface area contributed by atoms with Gasteiger partial charge in [0, 0.05) is 12.8 Å². The number of esters is 1. The van der Waals surface area contributed by atoms with Crippen molar-refractivity contribution in [2.24, 2.45) is 0 Å². The molecule has 0 fully saturated rings. The average molecular weight is 1020 g/mol. The van der Waals surface area contributed by atoms with E-state index in [2.05, 4.69) is 19.2 Å². The molecular formula is C66H129NO5. The first kappa shape index (κ1) is 70.6. The zero-order valence-corrected chi connectivity index (χ0v) is 48.9. The van der Waals surface area contributed by atoms with Crippen LogP contribution in [0.5, 0.6) is 0 Å². The third-order valence-corrected chi connectivity index (χ3v) is 15.6. The predicted molar refractivity (Wildman–Crippen MR) is 315 cm³/mol. The third-order valence-electron chi connectivity index (χ3n) is 15.6. The number of allylic oxidation sites excluding steroid dienone is 1. The van der Waals surface area contributed by atoms with Crippen LogP contribution in [0.3, 0.4) is 0 Å². The van der Waals surface area contributed by atoms with Gasteiger partial charge in [0.05, 0.1) is 25.4 Å². The minimum atomic E-state index is -0.849. The summed E-state index contributed by atoms with van der Waals surface area (Å²) in [6.07, 6.45) is 75.5. The van der Waals surface area contributed by atoms with E-state index in [4.69, 9.17) is 4.74 Å². The monoisotopic (exact) mass is 1020 g/mol. The van der Waals surface area contributed by atoms with Gasteiger partial charge in [0.25, 0.3) is 0 Å². The maximum atomic E-state index is 12.5. The zero-order chi connectivity index (χ0) is 52.2. The first-order chi connectivity index (χ1) is 35.5. The Labute approximate surface area is 450 Å². The molecule has 0 aliphatic rings. The van der Waals surface area contributed by atoms with Crippen LogP contribution >= 0.6 is 0 Å².